The lowest BCUT2D eigenvalue weighted by Gasteiger charge is -2.24. The fraction of sp³-hybridized carbons (Fsp3) is 0.571. The van der Waals surface area contributed by atoms with Crippen molar-refractivity contribution < 1.29 is 37.3 Å². The van der Waals surface area contributed by atoms with E-state index in [4.69, 9.17) is 9.47 Å². The van der Waals surface area contributed by atoms with Gasteiger partial charge in [-0.1, -0.05) is 0 Å². The van der Waals surface area contributed by atoms with Gasteiger partial charge in [0.15, 0.2) is 17.9 Å². The molecule has 0 spiro atoms. The summed E-state index contributed by atoms with van der Waals surface area (Å²) in [5.41, 5.74) is -1.77. The van der Waals surface area contributed by atoms with E-state index in [-0.39, 0.29) is 35.3 Å². The molecule has 3 aliphatic rings. The van der Waals surface area contributed by atoms with Crippen LogP contribution in [0.25, 0.3) is 5.76 Å². The highest BCUT2D eigenvalue weighted by molar-refractivity contribution is 6.27. The fourth-order valence-corrected chi connectivity index (χ4v) is 4.35. The largest absolute Gasteiger partial charge is 0.506 e. The maximum absolute atomic E-state index is 13.2. The molecule has 3 fully saturated rings. The van der Waals surface area contributed by atoms with Gasteiger partial charge in [0.2, 0.25) is 0 Å². The van der Waals surface area contributed by atoms with Crippen molar-refractivity contribution >= 4 is 17.3 Å². The number of ether oxygens (including phenoxy) is 2. The maximum Gasteiger partial charge on any atom is 0.433 e. The van der Waals surface area contributed by atoms with Crippen molar-refractivity contribution in [2.45, 2.75) is 57.6 Å². The van der Waals surface area contributed by atoms with Gasteiger partial charge in [-0.2, -0.15) is 13.2 Å². The quantitative estimate of drug-likeness (QED) is 0.446. The molecule has 4 rings (SSSR count). The Morgan fingerprint density at radius 2 is 1.83 bits per heavy atom. The minimum atomic E-state index is -4.69. The second kappa shape index (κ2) is 8.11. The van der Waals surface area contributed by atoms with Crippen LogP contribution in [0.15, 0.2) is 17.7 Å². The zero-order valence-electron chi connectivity index (χ0n) is 16.2. The van der Waals surface area contributed by atoms with Crippen molar-refractivity contribution in [3.63, 3.8) is 0 Å². The van der Waals surface area contributed by atoms with Crippen LogP contribution in [0.2, 0.25) is 0 Å². The summed E-state index contributed by atoms with van der Waals surface area (Å²) in [5.74, 6) is -2.18. The number of pyridine rings is 1. The molecule has 3 unspecified atom stereocenters. The summed E-state index contributed by atoms with van der Waals surface area (Å²) in [6.45, 7) is 0.144. The molecular weight excluding hydrogens is 403 g/mol. The Labute approximate surface area is 171 Å². The predicted molar refractivity (Wildman–Crippen MR) is 98.0 cm³/mol. The second-order valence-electron chi connectivity index (χ2n) is 7.95. The highest BCUT2D eigenvalue weighted by atomic mass is 19.4. The summed E-state index contributed by atoms with van der Waals surface area (Å²) in [7, 11) is 0. The van der Waals surface area contributed by atoms with Crippen LogP contribution in [0.3, 0.4) is 0 Å². The van der Waals surface area contributed by atoms with Crippen LogP contribution >= 0.6 is 0 Å². The molecule has 9 heteroatoms. The molecule has 0 aromatic carbocycles. The van der Waals surface area contributed by atoms with Gasteiger partial charge >= 0.3 is 6.18 Å². The molecule has 3 atom stereocenters. The van der Waals surface area contributed by atoms with E-state index in [1.807, 2.05) is 0 Å². The monoisotopic (exact) mass is 425 g/mol. The van der Waals surface area contributed by atoms with Crippen molar-refractivity contribution in [1.29, 1.82) is 0 Å². The fourth-order valence-electron chi connectivity index (χ4n) is 4.35. The standard InChI is InChI=1S/C21H22F3NO5/c22-21(23,24)15-7-6-13(14(25-15)10-30-16-3-1-2-8-29-16)20(28)17-18(26)11-4-5-12(9-11)19(17)27/h6-7,11-12,16,28H,1-5,8-10H2. The third-order valence-electron chi connectivity index (χ3n) is 5.97. The SMILES string of the molecule is O=C1C(=C(O)c2ccc(C(F)(F)F)nc2COC2CCCCO2)C(=O)C2CCC1C2. The molecule has 2 aliphatic carbocycles. The van der Waals surface area contributed by atoms with Gasteiger partial charge in [-0.25, -0.2) is 4.98 Å². The number of aliphatic hydroxyl groups is 1. The number of hydrogen-bond donors (Lipinski definition) is 1. The zero-order chi connectivity index (χ0) is 21.5. The van der Waals surface area contributed by atoms with Gasteiger partial charge in [0.05, 0.1) is 12.3 Å². The van der Waals surface area contributed by atoms with E-state index in [0.29, 0.717) is 32.3 Å². The van der Waals surface area contributed by atoms with Crippen LogP contribution < -0.4 is 0 Å². The van der Waals surface area contributed by atoms with E-state index in [0.717, 1.165) is 25.0 Å². The molecule has 2 bridgehead atoms. The van der Waals surface area contributed by atoms with Crippen LogP contribution in [0, 0.1) is 11.8 Å². The van der Waals surface area contributed by atoms with Gasteiger partial charge in [0, 0.05) is 24.0 Å². The molecule has 1 saturated heterocycles. The molecule has 6 nitrogen and oxygen atoms in total. The average molecular weight is 425 g/mol. The number of hydrogen-bond acceptors (Lipinski definition) is 6. The number of halogens is 3. The summed E-state index contributed by atoms with van der Waals surface area (Å²) in [4.78, 5) is 28.9. The van der Waals surface area contributed by atoms with Crippen LogP contribution in [0.1, 0.15) is 55.5 Å². The lowest BCUT2D eigenvalue weighted by molar-refractivity contribution is -0.170. The Morgan fingerprint density at radius 3 is 2.43 bits per heavy atom. The molecule has 162 valence electrons. The number of ketones is 2. The zero-order valence-corrected chi connectivity index (χ0v) is 16.2. The first kappa shape index (κ1) is 21.0. The van der Waals surface area contributed by atoms with E-state index >= 15 is 0 Å². The van der Waals surface area contributed by atoms with E-state index in [1.165, 1.54) is 0 Å². The highest BCUT2D eigenvalue weighted by Crippen LogP contribution is 2.42. The number of rotatable bonds is 4. The molecule has 1 aromatic heterocycles. The Bertz CT molecular complexity index is 865. The minimum absolute atomic E-state index is 0.100. The van der Waals surface area contributed by atoms with Gasteiger partial charge in [0.25, 0.3) is 0 Å². The third kappa shape index (κ3) is 4.00. The van der Waals surface area contributed by atoms with Gasteiger partial charge in [-0.3, -0.25) is 9.59 Å². The topological polar surface area (TPSA) is 85.7 Å². The highest BCUT2D eigenvalue weighted by Gasteiger charge is 2.45. The lowest BCUT2D eigenvalue weighted by Crippen LogP contribution is -2.30. The number of carbonyl (C=O) groups is 2. The lowest BCUT2D eigenvalue weighted by atomic mass is 9.81. The first-order valence-electron chi connectivity index (χ1n) is 10.1. The number of fused-ring (bicyclic) bond motifs is 2. The summed E-state index contributed by atoms with van der Waals surface area (Å²) < 4.78 is 50.5. The van der Waals surface area contributed by atoms with E-state index < -0.39 is 35.5 Å². The van der Waals surface area contributed by atoms with Crippen LogP contribution in [-0.4, -0.2) is 34.6 Å². The van der Waals surface area contributed by atoms with Crippen molar-refractivity contribution in [1.82, 2.24) is 4.98 Å². The molecule has 0 radical (unpaired) electrons. The van der Waals surface area contributed by atoms with Crippen LogP contribution in [-0.2, 0) is 31.8 Å². The molecular formula is C21H22F3NO5. The second-order valence-corrected chi connectivity index (χ2v) is 7.95. The molecule has 1 N–H and O–H groups in total. The van der Waals surface area contributed by atoms with Crippen molar-refractivity contribution in [3.05, 3.63) is 34.7 Å². The summed E-state index contributed by atoms with van der Waals surface area (Å²) >= 11 is 0. The van der Waals surface area contributed by atoms with Gasteiger partial charge in [0.1, 0.15) is 17.0 Å². The van der Waals surface area contributed by atoms with E-state index in [1.54, 1.807) is 0 Å². The van der Waals surface area contributed by atoms with Crippen molar-refractivity contribution in [3.8, 4) is 0 Å². The van der Waals surface area contributed by atoms with E-state index in [2.05, 4.69) is 4.98 Å². The summed E-state index contributed by atoms with van der Waals surface area (Å²) in [5, 5.41) is 10.8. The number of carbonyl (C=O) groups excluding carboxylic acids is 2. The molecule has 1 aliphatic heterocycles. The van der Waals surface area contributed by atoms with Crippen LogP contribution in [0.4, 0.5) is 13.2 Å². The van der Waals surface area contributed by atoms with Crippen molar-refractivity contribution in [2.24, 2.45) is 11.8 Å². The Hall–Kier alpha value is -2.26. The Balaban J connectivity index is 1.70. The third-order valence-corrected chi connectivity index (χ3v) is 5.97. The summed E-state index contributed by atoms with van der Waals surface area (Å²) in [6.07, 6.45) is -1.30. The predicted octanol–water partition coefficient (Wildman–Crippen LogP) is 3.98. The first-order chi connectivity index (χ1) is 14.3. The number of alkyl halides is 3. The molecule has 2 saturated carbocycles. The van der Waals surface area contributed by atoms with Gasteiger partial charge < -0.3 is 14.6 Å². The molecule has 0 amide bonds. The average Bonchev–Trinajstić information content (AvgIpc) is 3.18. The number of allylic oxidation sites excluding steroid dienone is 1. The van der Waals surface area contributed by atoms with Crippen LogP contribution in [0.5, 0.6) is 0 Å². The van der Waals surface area contributed by atoms with Crippen molar-refractivity contribution in [2.75, 3.05) is 6.61 Å². The molecule has 2 heterocycles. The van der Waals surface area contributed by atoms with Gasteiger partial charge in [-0.05, 0) is 50.7 Å². The Morgan fingerprint density at radius 1 is 1.13 bits per heavy atom. The minimum Gasteiger partial charge on any atom is -0.506 e. The number of Topliss-reactive ketones (excluding diaryl/α,β-unsaturated/α-hetero) is 2. The normalized spacial score (nSPS) is 26.9. The maximum atomic E-state index is 13.2. The number of aromatic nitrogens is 1. The van der Waals surface area contributed by atoms with E-state index in [9.17, 15) is 27.9 Å². The summed E-state index contributed by atoms with van der Waals surface area (Å²) in [6, 6.07) is 1.76. The van der Waals surface area contributed by atoms with Gasteiger partial charge in [-0.15, -0.1) is 0 Å². The Kier molecular flexibility index (Phi) is 5.67. The molecule has 30 heavy (non-hydrogen) atoms. The smallest absolute Gasteiger partial charge is 0.433 e. The number of nitrogens with zero attached hydrogens (tertiary/aromatic N) is 1. The number of aliphatic hydroxyl groups excluding tert-OH is 1. The molecule has 1 aromatic rings. The first-order valence-corrected chi connectivity index (χ1v) is 10.1.